The van der Waals surface area contributed by atoms with E-state index in [1.165, 1.54) is 0 Å². The van der Waals surface area contributed by atoms with Gasteiger partial charge in [-0.15, -0.1) is 0 Å². The molecule has 1 saturated carbocycles. The molecule has 2 atom stereocenters. The number of hydrogen-bond acceptors (Lipinski definition) is 1. The second kappa shape index (κ2) is 1.28. The summed E-state index contributed by atoms with van der Waals surface area (Å²) in [6, 6.07) is 0. The molecule has 9 heavy (non-hydrogen) atoms. The molecule has 0 heterocycles. The zero-order chi connectivity index (χ0) is 6.48. The Kier molecular flexibility index (Phi) is 0.743. The SMILES string of the molecule is CC12C=CCC1CC2=O. The van der Waals surface area contributed by atoms with E-state index in [1.54, 1.807) is 0 Å². The van der Waals surface area contributed by atoms with Gasteiger partial charge in [0, 0.05) is 11.8 Å². The first kappa shape index (κ1) is 5.21. The number of carbonyl (C=O) groups is 1. The van der Waals surface area contributed by atoms with Gasteiger partial charge in [-0.05, 0) is 19.3 Å². The molecule has 0 radical (unpaired) electrons. The fourth-order valence-corrected chi connectivity index (χ4v) is 1.79. The highest BCUT2D eigenvalue weighted by atomic mass is 16.1. The van der Waals surface area contributed by atoms with E-state index in [9.17, 15) is 4.79 Å². The van der Waals surface area contributed by atoms with Crippen LogP contribution in [0.15, 0.2) is 12.2 Å². The zero-order valence-electron chi connectivity index (χ0n) is 5.55. The van der Waals surface area contributed by atoms with Crippen molar-refractivity contribution >= 4 is 5.78 Å². The highest BCUT2D eigenvalue weighted by Crippen LogP contribution is 2.50. The van der Waals surface area contributed by atoms with E-state index in [-0.39, 0.29) is 5.41 Å². The smallest absolute Gasteiger partial charge is 0.143 e. The van der Waals surface area contributed by atoms with Crippen LogP contribution in [-0.4, -0.2) is 5.78 Å². The molecule has 2 aliphatic carbocycles. The van der Waals surface area contributed by atoms with Crippen LogP contribution in [-0.2, 0) is 4.79 Å². The number of Topliss-reactive ketones (excluding diaryl/α,β-unsaturated/α-hetero) is 1. The molecule has 1 fully saturated rings. The first-order chi connectivity index (χ1) is 4.23. The van der Waals surface area contributed by atoms with E-state index in [0.29, 0.717) is 11.7 Å². The Morgan fingerprint density at radius 3 is 3.00 bits per heavy atom. The van der Waals surface area contributed by atoms with Gasteiger partial charge in [-0.25, -0.2) is 0 Å². The van der Waals surface area contributed by atoms with Crippen LogP contribution in [0.25, 0.3) is 0 Å². The van der Waals surface area contributed by atoms with Gasteiger partial charge in [0.25, 0.3) is 0 Å². The lowest BCUT2D eigenvalue weighted by Crippen LogP contribution is -2.43. The molecule has 0 N–H and O–H groups in total. The molecular weight excluding hydrogens is 112 g/mol. The van der Waals surface area contributed by atoms with E-state index < -0.39 is 0 Å². The quantitative estimate of drug-likeness (QED) is 0.445. The van der Waals surface area contributed by atoms with E-state index in [1.807, 2.05) is 6.92 Å². The van der Waals surface area contributed by atoms with Crippen molar-refractivity contribution in [3.8, 4) is 0 Å². The number of carbonyl (C=O) groups excluding carboxylic acids is 1. The van der Waals surface area contributed by atoms with Crippen LogP contribution in [0.3, 0.4) is 0 Å². The summed E-state index contributed by atoms with van der Waals surface area (Å²) >= 11 is 0. The molecule has 1 nitrogen and oxygen atoms in total. The maximum atomic E-state index is 11.0. The van der Waals surface area contributed by atoms with Crippen molar-refractivity contribution in [1.82, 2.24) is 0 Å². The van der Waals surface area contributed by atoms with Gasteiger partial charge < -0.3 is 0 Å². The first-order valence-corrected chi connectivity index (χ1v) is 3.44. The van der Waals surface area contributed by atoms with E-state index >= 15 is 0 Å². The second-order valence-corrected chi connectivity index (χ2v) is 3.24. The predicted molar refractivity (Wildman–Crippen MR) is 35.0 cm³/mol. The van der Waals surface area contributed by atoms with Crippen LogP contribution in [0.5, 0.6) is 0 Å². The summed E-state index contributed by atoms with van der Waals surface area (Å²) in [5, 5.41) is 0. The Morgan fingerprint density at radius 2 is 2.56 bits per heavy atom. The van der Waals surface area contributed by atoms with Crippen molar-refractivity contribution < 1.29 is 4.79 Å². The maximum Gasteiger partial charge on any atom is 0.143 e. The van der Waals surface area contributed by atoms with Crippen molar-refractivity contribution in [1.29, 1.82) is 0 Å². The number of rotatable bonds is 0. The number of allylic oxidation sites excluding steroid dienone is 2. The summed E-state index contributed by atoms with van der Waals surface area (Å²) in [6.45, 7) is 2.05. The molecule has 1 heteroatoms. The largest absolute Gasteiger partial charge is 0.299 e. The summed E-state index contributed by atoms with van der Waals surface area (Å²) in [5.41, 5.74) is -0.0278. The summed E-state index contributed by atoms with van der Waals surface area (Å²) in [6.07, 6.45) is 6.16. The Hall–Kier alpha value is -0.590. The topological polar surface area (TPSA) is 17.1 Å². The van der Waals surface area contributed by atoms with Crippen LogP contribution >= 0.6 is 0 Å². The zero-order valence-corrected chi connectivity index (χ0v) is 5.55. The lowest BCUT2D eigenvalue weighted by Gasteiger charge is -2.39. The highest BCUT2D eigenvalue weighted by molar-refractivity contribution is 5.93. The van der Waals surface area contributed by atoms with Crippen molar-refractivity contribution in [3.05, 3.63) is 12.2 Å². The lowest BCUT2D eigenvalue weighted by atomic mass is 9.62. The van der Waals surface area contributed by atoms with Gasteiger partial charge in [0.05, 0.1) is 0 Å². The van der Waals surface area contributed by atoms with Crippen LogP contribution < -0.4 is 0 Å². The third-order valence-corrected chi connectivity index (χ3v) is 2.77. The standard InChI is InChI=1S/C8H10O/c1-8-4-2-3-6(8)5-7(8)9/h2,4,6H,3,5H2,1H3. The molecule has 0 spiro atoms. The maximum absolute atomic E-state index is 11.0. The molecule has 0 aromatic heterocycles. The molecule has 0 aliphatic heterocycles. The van der Waals surface area contributed by atoms with Crippen molar-refractivity contribution in [2.45, 2.75) is 19.8 Å². The average Bonchev–Trinajstić information content (AvgIpc) is 2.11. The molecule has 2 rings (SSSR count). The minimum Gasteiger partial charge on any atom is -0.299 e. The molecule has 0 aromatic rings. The molecule has 0 amide bonds. The third-order valence-electron chi connectivity index (χ3n) is 2.77. The van der Waals surface area contributed by atoms with Crippen LogP contribution in [0.2, 0.25) is 0 Å². The van der Waals surface area contributed by atoms with E-state index in [2.05, 4.69) is 12.2 Å². The van der Waals surface area contributed by atoms with Crippen LogP contribution in [0.1, 0.15) is 19.8 Å². The average molecular weight is 122 g/mol. The number of fused-ring (bicyclic) bond motifs is 1. The normalized spacial score (nSPS) is 46.8. The monoisotopic (exact) mass is 122 g/mol. The van der Waals surface area contributed by atoms with Crippen LogP contribution in [0, 0.1) is 11.3 Å². The molecule has 0 aromatic carbocycles. The van der Waals surface area contributed by atoms with Gasteiger partial charge in [0.15, 0.2) is 0 Å². The van der Waals surface area contributed by atoms with Gasteiger partial charge in [-0.1, -0.05) is 12.2 Å². The predicted octanol–water partition coefficient (Wildman–Crippen LogP) is 1.54. The lowest BCUT2D eigenvalue weighted by molar-refractivity contribution is -0.138. The Balaban J connectivity index is 2.34. The summed E-state index contributed by atoms with van der Waals surface area (Å²) in [7, 11) is 0. The minimum atomic E-state index is -0.0278. The Morgan fingerprint density at radius 1 is 1.78 bits per heavy atom. The van der Waals surface area contributed by atoms with Crippen molar-refractivity contribution in [2.75, 3.05) is 0 Å². The van der Waals surface area contributed by atoms with Crippen molar-refractivity contribution in [3.63, 3.8) is 0 Å². The van der Waals surface area contributed by atoms with Gasteiger partial charge in [0.2, 0.25) is 0 Å². The second-order valence-electron chi connectivity index (χ2n) is 3.24. The molecule has 48 valence electrons. The summed E-state index contributed by atoms with van der Waals surface area (Å²) in [4.78, 5) is 11.0. The molecule has 0 bridgehead atoms. The fraction of sp³-hybridized carbons (Fsp3) is 0.625. The minimum absolute atomic E-state index is 0.0278. The van der Waals surface area contributed by atoms with E-state index in [4.69, 9.17) is 0 Å². The Bertz CT molecular complexity index is 193. The molecule has 2 aliphatic rings. The number of hydrogen-bond donors (Lipinski definition) is 0. The highest BCUT2D eigenvalue weighted by Gasteiger charge is 2.50. The molecular formula is C8H10O. The summed E-state index contributed by atoms with van der Waals surface area (Å²) < 4.78 is 0. The van der Waals surface area contributed by atoms with Crippen LogP contribution in [0.4, 0.5) is 0 Å². The Labute approximate surface area is 54.8 Å². The van der Waals surface area contributed by atoms with Gasteiger partial charge >= 0.3 is 0 Å². The van der Waals surface area contributed by atoms with Gasteiger partial charge in [0.1, 0.15) is 5.78 Å². The number of ketones is 1. The fourth-order valence-electron chi connectivity index (χ4n) is 1.79. The van der Waals surface area contributed by atoms with E-state index in [0.717, 1.165) is 12.8 Å². The van der Waals surface area contributed by atoms with Gasteiger partial charge in [-0.2, -0.15) is 0 Å². The molecule has 0 saturated heterocycles. The first-order valence-electron chi connectivity index (χ1n) is 3.44. The van der Waals surface area contributed by atoms with Gasteiger partial charge in [-0.3, -0.25) is 4.79 Å². The summed E-state index contributed by atoms with van der Waals surface area (Å²) in [5.74, 6) is 1.09. The molecule has 2 unspecified atom stereocenters. The van der Waals surface area contributed by atoms with Crippen molar-refractivity contribution in [2.24, 2.45) is 11.3 Å². The third kappa shape index (κ3) is 0.432.